The molecule has 1 aliphatic rings. The van der Waals surface area contributed by atoms with Crippen molar-refractivity contribution in [3.63, 3.8) is 0 Å². The van der Waals surface area contributed by atoms with Crippen LogP contribution in [0.15, 0.2) is 48.6 Å². The molecule has 2 N–H and O–H groups in total. The van der Waals surface area contributed by atoms with Crippen LogP contribution in [0.25, 0.3) is 0 Å². The van der Waals surface area contributed by atoms with Crippen molar-refractivity contribution in [3.05, 3.63) is 53.6 Å². The number of anilines is 1. The summed E-state index contributed by atoms with van der Waals surface area (Å²) < 4.78 is 11.5. The van der Waals surface area contributed by atoms with E-state index in [1.165, 1.54) is 0 Å². The van der Waals surface area contributed by atoms with Gasteiger partial charge in [-0.25, -0.2) is 0 Å². The number of hydrogen-bond acceptors (Lipinski definition) is 5. The Balaban J connectivity index is 2.20. The van der Waals surface area contributed by atoms with Crippen molar-refractivity contribution in [2.45, 2.75) is 78.1 Å². The molecule has 7 nitrogen and oxygen atoms in total. The van der Waals surface area contributed by atoms with E-state index in [-0.39, 0.29) is 42.1 Å². The van der Waals surface area contributed by atoms with Crippen LogP contribution >= 0.6 is 11.6 Å². The summed E-state index contributed by atoms with van der Waals surface area (Å²) in [6, 6.07) is 7.06. The highest BCUT2D eigenvalue weighted by molar-refractivity contribution is 6.30. The summed E-state index contributed by atoms with van der Waals surface area (Å²) >= 11 is 6.10. The highest BCUT2D eigenvalue weighted by atomic mass is 35.5. The number of ether oxygens (including phenoxy) is 2. The maximum atomic E-state index is 13.1. The number of halogens is 1. The molecule has 1 amide bonds. The van der Waals surface area contributed by atoms with Gasteiger partial charge in [-0.15, -0.1) is 0 Å². The molecule has 1 fully saturated rings. The molecule has 0 saturated carbocycles. The first kappa shape index (κ1) is 30.7. The molecule has 1 aliphatic heterocycles. The van der Waals surface area contributed by atoms with Gasteiger partial charge in [-0.3, -0.25) is 20.5 Å². The lowest BCUT2D eigenvalue weighted by Crippen LogP contribution is -2.48. The zero-order valence-electron chi connectivity index (χ0n) is 22.9. The molecular weight excluding hydrogens is 488 g/mol. The van der Waals surface area contributed by atoms with E-state index < -0.39 is 6.10 Å². The molecule has 0 aliphatic carbocycles. The number of amides is 1. The number of carbonyl (C=O) groups is 1. The molecule has 3 unspecified atom stereocenters. The van der Waals surface area contributed by atoms with E-state index in [2.05, 4.69) is 18.2 Å². The molecule has 0 aromatic heterocycles. The normalized spacial score (nSPS) is 16.5. The van der Waals surface area contributed by atoms with Gasteiger partial charge in [0, 0.05) is 36.8 Å². The minimum absolute atomic E-state index is 0.0143. The second kappa shape index (κ2) is 15.7. The number of hydrogen-bond donors (Lipinski definition) is 2. The summed E-state index contributed by atoms with van der Waals surface area (Å²) in [4.78, 5) is 16.5. The molecule has 2 rings (SSSR count). The highest BCUT2D eigenvalue weighted by Gasteiger charge is 2.31. The van der Waals surface area contributed by atoms with Crippen molar-refractivity contribution in [3.8, 4) is 0 Å². The first-order valence-corrected chi connectivity index (χ1v) is 13.5. The number of likely N-dealkylation sites (tertiary alicyclic amines) is 1. The van der Waals surface area contributed by atoms with Crippen molar-refractivity contribution < 1.29 is 14.3 Å². The third kappa shape index (κ3) is 10.1. The molecular formula is C29H43ClN4O3. The van der Waals surface area contributed by atoms with Gasteiger partial charge < -0.3 is 14.4 Å². The molecule has 0 radical (unpaired) electrons. The maximum Gasteiger partial charge on any atom is 0.225 e. The number of nitrogens with zero attached hydrogens (tertiary/aromatic N) is 2. The lowest BCUT2D eigenvalue weighted by atomic mass is 10.1. The van der Waals surface area contributed by atoms with Crippen molar-refractivity contribution >= 4 is 34.9 Å². The van der Waals surface area contributed by atoms with Crippen LogP contribution in [0.3, 0.4) is 0 Å². The first-order valence-electron chi connectivity index (χ1n) is 13.1. The predicted octanol–water partition coefficient (Wildman–Crippen LogP) is 6.47. The number of allylic oxidation sites excluding steroid dienone is 2. The largest absolute Gasteiger partial charge is 0.378 e. The number of nitrogens with one attached hydrogen (secondary N) is 2. The summed E-state index contributed by atoms with van der Waals surface area (Å²) in [5.41, 5.74) is 0.653. The Hall–Kier alpha value is -2.48. The third-order valence-electron chi connectivity index (χ3n) is 6.32. The fraction of sp³-hybridized carbons (Fsp3) is 0.552. The molecule has 0 spiro atoms. The van der Waals surface area contributed by atoms with Gasteiger partial charge in [0.05, 0.1) is 18.6 Å². The van der Waals surface area contributed by atoms with E-state index in [1.807, 2.05) is 38.7 Å². The molecule has 1 heterocycles. The third-order valence-corrected chi connectivity index (χ3v) is 6.57. The minimum Gasteiger partial charge on any atom is -0.378 e. The second-order valence-electron chi connectivity index (χ2n) is 9.78. The fourth-order valence-electron chi connectivity index (χ4n) is 4.01. The van der Waals surface area contributed by atoms with Crippen LogP contribution in [0.4, 0.5) is 5.69 Å². The second-order valence-corrected chi connectivity index (χ2v) is 10.2. The predicted molar refractivity (Wildman–Crippen MR) is 153 cm³/mol. The van der Waals surface area contributed by atoms with Gasteiger partial charge in [0.15, 0.2) is 0 Å². The number of benzene rings is 1. The Morgan fingerprint density at radius 1 is 1.05 bits per heavy atom. The number of carbonyl (C=O) groups excluding carboxylic acids is 1. The van der Waals surface area contributed by atoms with Crippen LogP contribution < -0.4 is 4.90 Å². The molecule has 3 atom stereocenters. The van der Waals surface area contributed by atoms with E-state index >= 15 is 0 Å². The Morgan fingerprint density at radius 3 is 2.30 bits per heavy atom. The summed E-state index contributed by atoms with van der Waals surface area (Å²) in [5, 5.41) is 18.4. The molecule has 1 aromatic carbocycles. The quantitative estimate of drug-likeness (QED) is 0.174. The van der Waals surface area contributed by atoms with E-state index in [0.717, 1.165) is 32.4 Å². The fourth-order valence-corrected chi connectivity index (χ4v) is 4.14. The Morgan fingerprint density at radius 2 is 1.70 bits per heavy atom. The monoisotopic (exact) mass is 530 g/mol. The van der Waals surface area contributed by atoms with Crippen LogP contribution in [0.2, 0.25) is 5.02 Å². The van der Waals surface area contributed by atoms with Crippen LogP contribution in [0, 0.1) is 16.7 Å². The molecule has 1 saturated heterocycles. The van der Waals surface area contributed by atoms with Gasteiger partial charge in [0.1, 0.15) is 17.8 Å². The lowest BCUT2D eigenvalue weighted by Gasteiger charge is -2.33. The number of rotatable bonds is 13. The van der Waals surface area contributed by atoms with E-state index in [9.17, 15) is 4.79 Å². The van der Waals surface area contributed by atoms with Crippen molar-refractivity contribution in [1.82, 2.24) is 4.90 Å². The summed E-state index contributed by atoms with van der Waals surface area (Å²) in [6.07, 6.45) is 10.8. The summed E-state index contributed by atoms with van der Waals surface area (Å²) in [5.74, 6) is 0.208. The number of methoxy groups -OCH3 is 1. The van der Waals surface area contributed by atoms with Crippen molar-refractivity contribution in [2.75, 3.05) is 25.1 Å². The first-order chi connectivity index (χ1) is 17.6. The van der Waals surface area contributed by atoms with E-state index in [0.29, 0.717) is 17.1 Å². The average Bonchev–Trinajstić information content (AvgIpc) is 3.42. The molecule has 1 aromatic rings. The molecule has 0 bridgehead atoms. The van der Waals surface area contributed by atoms with Crippen molar-refractivity contribution in [1.29, 1.82) is 10.8 Å². The van der Waals surface area contributed by atoms with Crippen molar-refractivity contribution in [2.24, 2.45) is 5.92 Å². The van der Waals surface area contributed by atoms with E-state index in [4.69, 9.17) is 31.9 Å². The van der Waals surface area contributed by atoms with Crippen LogP contribution in [0.1, 0.15) is 59.8 Å². The van der Waals surface area contributed by atoms with Gasteiger partial charge >= 0.3 is 0 Å². The van der Waals surface area contributed by atoms with Gasteiger partial charge in [0.2, 0.25) is 5.91 Å². The van der Waals surface area contributed by atoms with Gasteiger partial charge in [-0.2, -0.15) is 0 Å². The summed E-state index contributed by atoms with van der Waals surface area (Å²) in [7, 11) is 1.68. The molecule has 204 valence electrons. The SMILES string of the molecule is COC(C)/C=C\C/C=C\CC(C)OC(CC(=O)N1CCCC1)C(=N)N(C(=N)C(C)C)c1ccc(Cl)cc1. The van der Waals surface area contributed by atoms with Gasteiger partial charge in [-0.1, -0.05) is 49.8 Å². The highest BCUT2D eigenvalue weighted by Crippen LogP contribution is 2.24. The topological polar surface area (TPSA) is 89.7 Å². The Bertz CT molecular complexity index is 939. The van der Waals surface area contributed by atoms with Crippen LogP contribution in [0.5, 0.6) is 0 Å². The Labute approximate surface area is 227 Å². The Kier molecular flexibility index (Phi) is 13.0. The molecule has 37 heavy (non-hydrogen) atoms. The maximum absolute atomic E-state index is 13.1. The minimum atomic E-state index is -0.784. The van der Waals surface area contributed by atoms with Gasteiger partial charge in [-0.05, 0) is 63.8 Å². The number of amidine groups is 2. The van der Waals surface area contributed by atoms with E-state index in [1.54, 1.807) is 36.3 Å². The zero-order chi connectivity index (χ0) is 27.4. The lowest BCUT2D eigenvalue weighted by molar-refractivity contribution is -0.132. The summed E-state index contributed by atoms with van der Waals surface area (Å²) in [6.45, 7) is 9.26. The smallest absolute Gasteiger partial charge is 0.225 e. The molecule has 8 heteroatoms. The van der Waals surface area contributed by atoms with Crippen LogP contribution in [-0.2, 0) is 14.3 Å². The van der Waals surface area contributed by atoms with Crippen LogP contribution in [-0.4, -0.2) is 61.0 Å². The van der Waals surface area contributed by atoms with Gasteiger partial charge in [0.25, 0.3) is 0 Å². The standard InChI is InChI=1S/C29H43ClN4O3/c1-21(2)28(31)34(25-16-14-24(30)15-17-25)29(32)26(20-27(35)33-18-10-11-19-33)37-23(4)13-9-7-6-8-12-22(3)36-5/h7-9,12,14-17,21-23,26,31-32H,6,10-11,13,18-20H2,1-5H3/b9-7-,12-8-,31-28?,32-29?. The average molecular weight is 531 g/mol. The zero-order valence-corrected chi connectivity index (χ0v) is 23.6.